The molecule has 0 unspecified atom stereocenters. The van der Waals surface area contributed by atoms with Crippen molar-refractivity contribution in [3.05, 3.63) is 33.8 Å². The van der Waals surface area contributed by atoms with Gasteiger partial charge < -0.3 is 11.1 Å². The number of rotatable bonds is 6. The fourth-order valence-corrected chi connectivity index (χ4v) is 2.04. The van der Waals surface area contributed by atoms with Crippen molar-refractivity contribution in [1.82, 2.24) is 5.32 Å². The molecular formula is C12H17BrN2O. The van der Waals surface area contributed by atoms with Gasteiger partial charge in [0.2, 0.25) is 5.91 Å². The SMILES string of the molecule is Cc1ccc(CNCCCC(N)=O)c(Br)c1. The summed E-state index contributed by atoms with van der Waals surface area (Å²) in [5.41, 5.74) is 7.52. The van der Waals surface area contributed by atoms with Crippen LogP contribution in [0.15, 0.2) is 22.7 Å². The average Bonchev–Trinajstić information content (AvgIpc) is 2.20. The number of halogens is 1. The maximum atomic E-state index is 10.5. The first-order valence-electron chi connectivity index (χ1n) is 5.33. The van der Waals surface area contributed by atoms with Crippen molar-refractivity contribution >= 4 is 21.8 Å². The largest absolute Gasteiger partial charge is 0.370 e. The molecule has 0 fully saturated rings. The van der Waals surface area contributed by atoms with Crippen molar-refractivity contribution in [2.24, 2.45) is 5.73 Å². The smallest absolute Gasteiger partial charge is 0.217 e. The molecule has 0 saturated carbocycles. The summed E-state index contributed by atoms with van der Waals surface area (Å²) in [6, 6.07) is 6.28. The zero-order valence-corrected chi connectivity index (χ0v) is 11.0. The molecule has 0 aromatic heterocycles. The van der Waals surface area contributed by atoms with E-state index >= 15 is 0 Å². The number of carbonyl (C=O) groups excluding carboxylic acids is 1. The Hall–Kier alpha value is -0.870. The second-order valence-corrected chi connectivity index (χ2v) is 4.70. The van der Waals surface area contributed by atoms with E-state index in [-0.39, 0.29) is 5.91 Å². The molecule has 0 aliphatic carbocycles. The lowest BCUT2D eigenvalue weighted by atomic mass is 10.1. The molecule has 16 heavy (non-hydrogen) atoms. The number of nitrogens with two attached hydrogens (primary N) is 1. The standard InChI is InChI=1S/C12H17BrN2O/c1-9-4-5-10(11(13)7-9)8-15-6-2-3-12(14)16/h4-5,7,15H,2-3,6,8H2,1H3,(H2,14,16). The lowest BCUT2D eigenvalue weighted by molar-refractivity contribution is -0.118. The number of hydrogen-bond acceptors (Lipinski definition) is 2. The Morgan fingerprint density at radius 2 is 2.25 bits per heavy atom. The van der Waals surface area contributed by atoms with E-state index in [1.165, 1.54) is 11.1 Å². The predicted octanol–water partition coefficient (Wildman–Crippen LogP) is 2.11. The summed E-state index contributed by atoms with van der Waals surface area (Å²) in [6.45, 7) is 3.68. The summed E-state index contributed by atoms with van der Waals surface area (Å²) in [7, 11) is 0. The van der Waals surface area contributed by atoms with Gasteiger partial charge in [-0.1, -0.05) is 28.1 Å². The number of benzene rings is 1. The van der Waals surface area contributed by atoms with E-state index in [9.17, 15) is 4.79 Å². The fraction of sp³-hybridized carbons (Fsp3) is 0.417. The van der Waals surface area contributed by atoms with Crippen LogP contribution in [0.3, 0.4) is 0 Å². The molecular weight excluding hydrogens is 268 g/mol. The molecule has 0 aliphatic rings. The van der Waals surface area contributed by atoms with Crippen molar-refractivity contribution in [2.75, 3.05) is 6.54 Å². The predicted molar refractivity (Wildman–Crippen MR) is 69.0 cm³/mol. The van der Waals surface area contributed by atoms with Gasteiger partial charge >= 0.3 is 0 Å². The summed E-state index contributed by atoms with van der Waals surface area (Å²) in [5.74, 6) is -0.238. The second kappa shape index (κ2) is 6.66. The Bertz CT molecular complexity index is 366. The Labute approximate surface area is 105 Å². The van der Waals surface area contributed by atoms with Crippen LogP contribution in [-0.4, -0.2) is 12.5 Å². The fourth-order valence-electron chi connectivity index (χ4n) is 1.41. The zero-order valence-electron chi connectivity index (χ0n) is 9.42. The van der Waals surface area contributed by atoms with Crippen LogP contribution in [0.5, 0.6) is 0 Å². The second-order valence-electron chi connectivity index (χ2n) is 3.84. The van der Waals surface area contributed by atoms with E-state index in [1.807, 2.05) is 0 Å². The molecule has 0 atom stereocenters. The Morgan fingerprint density at radius 1 is 1.50 bits per heavy atom. The first-order chi connectivity index (χ1) is 7.59. The summed E-state index contributed by atoms with van der Waals surface area (Å²) >= 11 is 3.53. The van der Waals surface area contributed by atoms with Gasteiger partial charge in [-0.15, -0.1) is 0 Å². The van der Waals surface area contributed by atoms with Crippen LogP contribution in [0.1, 0.15) is 24.0 Å². The van der Waals surface area contributed by atoms with Crippen molar-refractivity contribution < 1.29 is 4.79 Å². The molecule has 1 rings (SSSR count). The highest BCUT2D eigenvalue weighted by atomic mass is 79.9. The maximum absolute atomic E-state index is 10.5. The van der Waals surface area contributed by atoms with E-state index in [4.69, 9.17) is 5.73 Å². The van der Waals surface area contributed by atoms with Gasteiger partial charge in [0.25, 0.3) is 0 Å². The number of aryl methyl sites for hydroxylation is 1. The molecule has 1 aromatic carbocycles. The van der Waals surface area contributed by atoms with E-state index in [0.29, 0.717) is 6.42 Å². The molecule has 0 bridgehead atoms. The van der Waals surface area contributed by atoms with Crippen LogP contribution in [0, 0.1) is 6.92 Å². The zero-order chi connectivity index (χ0) is 12.0. The highest BCUT2D eigenvalue weighted by molar-refractivity contribution is 9.10. The molecule has 4 heteroatoms. The summed E-state index contributed by atoms with van der Waals surface area (Å²) < 4.78 is 1.12. The molecule has 3 N–H and O–H groups in total. The highest BCUT2D eigenvalue weighted by Crippen LogP contribution is 2.17. The number of carbonyl (C=O) groups is 1. The molecule has 0 heterocycles. The van der Waals surface area contributed by atoms with Gasteiger partial charge in [0.15, 0.2) is 0 Å². The van der Waals surface area contributed by atoms with Crippen molar-refractivity contribution in [3.8, 4) is 0 Å². The maximum Gasteiger partial charge on any atom is 0.217 e. The van der Waals surface area contributed by atoms with Crippen LogP contribution in [0.4, 0.5) is 0 Å². The van der Waals surface area contributed by atoms with Gasteiger partial charge in [-0.25, -0.2) is 0 Å². The lowest BCUT2D eigenvalue weighted by Gasteiger charge is -2.07. The molecule has 88 valence electrons. The topological polar surface area (TPSA) is 55.1 Å². The van der Waals surface area contributed by atoms with E-state index in [2.05, 4.69) is 46.4 Å². The molecule has 1 amide bonds. The minimum Gasteiger partial charge on any atom is -0.370 e. The number of nitrogens with one attached hydrogen (secondary N) is 1. The van der Waals surface area contributed by atoms with Crippen LogP contribution in [0.2, 0.25) is 0 Å². The van der Waals surface area contributed by atoms with Crippen LogP contribution in [0.25, 0.3) is 0 Å². The van der Waals surface area contributed by atoms with Gasteiger partial charge in [0.05, 0.1) is 0 Å². The average molecular weight is 285 g/mol. The van der Waals surface area contributed by atoms with Gasteiger partial charge in [-0.2, -0.15) is 0 Å². The molecule has 0 aliphatic heterocycles. The number of amides is 1. The van der Waals surface area contributed by atoms with Crippen LogP contribution in [-0.2, 0) is 11.3 Å². The monoisotopic (exact) mass is 284 g/mol. The summed E-state index contributed by atoms with van der Waals surface area (Å²) in [4.78, 5) is 10.5. The van der Waals surface area contributed by atoms with Crippen molar-refractivity contribution in [2.45, 2.75) is 26.3 Å². The van der Waals surface area contributed by atoms with Crippen LogP contribution >= 0.6 is 15.9 Å². The highest BCUT2D eigenvalue weighted by Gasteiger charge is 1.99. The van der Waals surface area contributed by atoms with Crippen LogP contribution < -0.4 is 11.1 Å². The van der Waals surface area contributed by atoms with Gasteiger partial charge in [-0.3, -0.25) is 4.79 Å². The van der Waals surface area contributed by atoms with E-state index in [0.717, 1.165) is 24.0 Å². The minimum atomic E-state index is -0.238. The van der Waals surface area contributed by atoms with Crippen molar-refractivity contribution in [1.29, 1.82) is 0 Å². The summed E-state index contributed by atoms with van der Waals surface area (Å²) in [6.07, 6.45) is 1.24. The number of primary amides is 1. The van der Waals surface area contributed by atoms with Gasteiger partial charge in [0, 0.05) is 17.4 Å². The first-order valence-corrected chi connectivity index (χ1v) is 6.13. The molecule has 0 spiro atoms. The molecule has 1 aromatic rings. The Kier molecular flexibility index (Phi) is 5.49. The summed E-state index contributed by atoms with van der Waals surface area (Å²) in [5, 5.41) is 3.28. The normalized spacial score (nSPS) is 10.4. The Morgan fingerprint density at radius 3 is 2.88 bits per heavy atom. The van der Waals surface area contributed by atoms with E-state index < -0.39 is 0 Å². The third kappa shape index (κ3) is 4.77. The van der Waals surface area contributed by atoms with Gasteiger partial charge in [0.1, 0.15) is 0 Å². The molecule has 3 nitrogen and oxygen atoms in total. The minimum absolute atomic E-state index is 0.238. The molecule has 0 radical (unpaired) electrons. The van der Waals surface area contributed by atoms with Crippen molar-refractivity contribution in [3.63, 3.8) is 0 Å². The van der Waals surface area contributed by atoms with Gasteiger partial charge in [-0.05, 0) is 37.1 Å². The Balaban J connectivity index is 2.29. The van der Waals surface area contributed by atoms with E-state index in [1.54, 1.807) is 0 Å². The third-order valence-electron chi connectivity index (χ3n) is 2.30. The first kappa shape index (κ1) is 13.2. The molecule has 0 saturated heterocycles. The lowest BCUT2D eigenvalue weighted by Crippen LogP contribution is -2.18. The number of hydrogen-bond donors (Lipinski definition) is 2. The quantitative estimate of drug-likeness (QED) is 0.787. The third-order valence-corrected chi connectivity index (χ3v) is 3.04.